The Hall–Kier alpha value is -2.13. The lowest BCUT2D eigenvalue weighted by Crippen LogP contribution is -2.24. The van der Waals surface area contributed by atoms with E-state index in [-0.39, 0.29) is 11.5 Å². The van der Waals surface area contributed by atoms with Gasteiger partial charge in [-0.3, -0.25) is 9.36 Å². The zero-order valence-corrected chi connectivity index (χ0v) is 14.1. The van der Waals surface area contributed by atoms with Gasteiger partial charge in [0, 0.05) is 11.9 Å². The van der Waals surface area contributed by atoms with Crippen molar-refractivity contribution in [3.63, 3.8) is 0 Å². The molecule has 0 aliphatic carbocycles. The second kappa shape index (κ2) is 5.33. The van der Waals surface area contributed by atoms with Crippen molar-refractivity contribution in [1.82, 2.24) is 14.5 Å². The minimum Gasteiger partial charge on any atom is -0.368 e. The Morgan fingerprint density at radius 3 is 2.57 bits per heavy atom. The molecule has 2 rings (SSSR count). The van der Waals surface area contributed by atoms with Gasteiger partial charge in [-0.05, 0) is 19.9 Å². The van der Waals surface area contributed by atoms with E-state index < -0.39 is 8.07 Å². The highest BCUT2D eigenvalue weighted by Gasteiger charge is 2.13. The standard InChI is InChI=1S/C15H20N4OSi/c1-6-19-13-12(10(2)17-15(16)18-13)9-11(14(19)20)7-8-21(3,4)5/h9H,6H2,1-5H3,(H2,16,17,18). The van der Waals surface area contributed by atoms with Gasteiger partial charge in [0.25, 0.3) is 5.56 Å². The first-order valence-electron chi connectivity index (χ1n) is 6.94. The fourth-order valence-corrected chi connectivity index (χ4v) is 2.56. The van der Waals surface area contributed by atoms with Crippen LogP contribution >= 0.6 is 0 Å². The number of hydrogen-bond acceptors (Lipinski definition) is 4. The molecule has 2 N–H and O–H groups in total. The summed E-state index contributed by atoms with van der Waals surface area (Å²) in [4.78, 5) is 20.9. The maximum atomic E-state index is 12.5. The molecule has 0 atom stereocenters. The molecule has 0 aromatic carbocycles. The van der Waals surface area contributed by atoms with Crippen LogP contribution in [0.15, 0.2) is 10.9 Å². The Balaban J connectivity index is 2.84. The molecular formula is C15H20N4OSi. The van der Waals surface area contributed by atoms with Crippen LogP contribution in [-0.2, 0) is 6.54 Å². The first kappa shape index (κ1) is 15.3. The van der Waals surface area contributed by atoms with Crippen LogP contribution in [0.1, 0.15) is 18.2 Å². The molecule has 6 heteroatoms. The molecule has 2 aromatic rings. The van der Waals surface area contributed by atoms with E-state index in [2.05, 4.69) is 41.1 Å². The molecule has 2 aromatic heterocycles. The SMILES string of the molecule is CCn1c(=O)c(C#C[Si](C)(C)C)cc2c(C)nc(N)nc21. The van der Waals surface area contributed by atoms with Crippen molar-refractivity contribution in [1.29, 1.82) is 0 Å². The van der Waals surface area contributed by atoms with E-state index in [1.807, 2.05) is 13.8 Å². The number of rotatable bonds is 1. The molecule has 0 fully saturated rings. The average molecular weight is 300 g/mol. The summed E-state index contributed by atoms with van der Waals surface area (Å²) in [5, 5.41) is 0.825. The molecule has 0 saturated heterocycles. The Bertz CT molecular complexity index is 822. The molecule has 0 spiro atoms. The molecule has 0 bridgehead atoms. The first-order valence-corrected chi connectivity index (χ1v) is 10.4. The van der Waals surface area contributed by atoms with Gasteiger partial charge in [-0.2, -0.15) is 4.98 Å². The van der Waals surface area contributed by atoms with Gasteiger partial charge in [0.1, 0.15) is 13.7 Å². The largest absolute Gasteiger partial charge is 0.368 e. The Morgan fingerprint density at radius 1 is 1.33 bits per heavy atom. The van der Waals surface area contributed by atoms with Crippen LogP contribution in [0.3, 0.4) is 0 Å². The van der Waals surface area contributed by atoms with Crippen molar-refractivity contribution in [3.05, 3.63) is 27.7 Å². The highest BCUT2D eigenvalue weighted by Crippen LogP contribution is 2.16. The molecule has 0 unspecified atom stereocenters. The monoisotopic (exact) mass is 300 g/mol. The Labute approximate surface area is 125 Å². The van der Waals surface area contributed by atoms with Gasteiger partial charge >= 0.3 is 0 Å². The van der Waals surface area contributed by atoms with Crippen LogP contribution in [0.5, 0.6) is 0 Å². The summed E-state index contributed by atoms with van der Waals surface area (Å²) in [6.07, 6.45) is 0. The summed E-state index contributed by atoms with van der Waals surface area (Å²) in [6, 6.07) is 1.78. The molecule has 110 valence electrons. The van der Waals surface area contributed by atoms with Crippen molar-refractivity contribution in [2.45, 2.75) is 40.0 Å². The van der Waals surface area contributed by atoms with E-state index in [9.17, 15) is 4.79 Å². The van der Waals surface area contributed by atoms with E-state index >= 15 is 0 Å². The van der Waals surface area contributed by atoms with E-state index in [1.54, 1.807) is 10.6 Å². The highest BCUT2D eigenvalue weighted by molar-refractivity contribution is 6.83. The lowest BCUT2D eigenvalue weighted by molar-refractivity contribution is 0.746. The number of aryl methyl sites for hydroxylation is 2. The van der Waals surface area contributed by atoms with Gasteiger partial charge in [0.2, 0.25) is 5.95 Å². The number of fused-ring (bicyclic) bond motifs is 1. The number of nitrogen functional groups attached to an aromatic ring is 1. The zero-order chi connectivity index (χ0) is 15.8. The topological polar surface area (TPSA) is 73.8 Å². The van der Waals surface area contributed by atoms with Crippen molar-refractivity contribution < 1.29 is 0 Å². The smallest absolute Gasteiger partial charge is 0.267 e. The summed E-state index contributed by atoms with van der Waals surface area (Å²) in [5.41, 5.74) is 10.6. The van der Waals surface area contributed by atoms with Crippen LogP contribution in [-0.4, -0.2) is 22.6 Å². The van der Waals surface area contributed by atoms with Crippen LogP contribution in [0, 0.1) is 18.4 Å². The summed E-state index contributed by atoms with van der Waals surface area (Å²) in [7, 11) is -1.54. The Kier molecular flexibility index (Phi) is 3.88. The number of aromatic nitrogens is 3. The van der Waals surface area contributed by atoms with Crippen molar-refractivity contribution >= 4 is 25.1 Å². The second-order valence-electron chi connectivity index (χ2n) is 6.01. The lowest BCUT2D eigenvalue weighted by atomic mass is 10.2. The minimum absolute atomic E-state index is 0.117. The van der Waals surface area contributed by atoms with E-state index in [1.165, 1.54) is 0 Å². The third-order valence-corrected chi connectivity index (χ3v) is 3.92. The molecule has 0 saturated carbocycles. The first-order chi connectivity index (χ1) is 9.73. The van der Waals surface area contributed by atoms with Crippen molar-refractivity contribution in [2.24, 2.45) is 0 Å². The number of pyridine rings is 1. The zero-order valence-electron chi connectivity index (χ0n) is 13.1. The van der Waals surface area contributed by atoms with Gasteiger partial charge in [-0.1, -0.05) is 25.6 Å². The second-order valence-corrected chi connectivity index (χ2v) is 10.8. The number of anilines is 1. The van der Waals surface area contributed by atoms with E-state index in [0.29, 0.717) is 17.8 Å². The molecule has 0 aliphatic rings. The van der Waals surface area contributed by atoms with Gasteiger partial charge in [-0.25, -0.2) is 4.98 Å². The quantitative estimate of drug-likeness (QED) is 0.645. The van der Waals surface area contributed by atoms with Crippen molar-refractivity contribution in [3.8, 4) is 11.5 Å². The maximum Gasteiger partial charge on any atom is 0.267 e. The summed E-state index contributed by atoms with van der Waals surface area (Å²) in [5.74, 6) is 3.24. The van der Waals surface area contributed by atoms with Crippen LogP contribution in [0.4, 0.5) is 5.95 Å². The van der Waals surface area contributed by atoms with E-state index in [0.717, 1.165) is 11.1 Å². The predicted octanol–water partition coefficient (Wildman–Crippen LogP) is 1.93. The number of nitrogens with zero attached hydrogens (tertiary/aromatic N) is 3. The van der Waals surface area contributed by atoms with Gasteiger partial charge in [0.15, 0.2) is 0 Å². The third-order valence-electron chi connectivity index (χ3n) is 3.04. The summed E-state index contributed by atoms with van der Waals surface area (Å²) >= 11 is 0. The molecule has 0 aliphatic heterocycles. The Morgan fingerprint density at radius 2 is 2.00 bits per heavy atom. The summed E-state index contributed by atoms with van der Waals surface area (Å²) in [6.45, 7) is 10.7. The molecule has 0 radical (unpaired) electrons. The summed E-state index contributed by atoms with van der Waals surface area (Å²) < 4.78 is 1.61. The van der Waals surface area contributed by atoms with Gasteiger partial charge < -0.3 is 5.73 Å². The highest BCUT2D eigenvalue weighted by atomic mass is 28.3. The van der Waals surface area contributed by atoms with Gasteiger partial charge in [0.05, 0.1) is 11.3 Å². The molecular weight excluding hydrogens is 280 g/mol. The molecule has 0 amide bonds. The third kappa shape index (κ3) is 3.14. The van der Waals surface area contributed by atoms with Crippen molar-refractivity contribution in [2.75, 3.05) is 5.73 Å². The van der Waals surface area contributed by atoms with E-state index in [4.69, 9.17) is 5.73 Å². The normalized spacial score (nSPS) is 11.3. The minimum atomic E-state index is -1.54. The lowest BCUT2D eigenvalue weighted by Gasteiger charge is -2.10. The number of nitrogens with two attached hydrogens (primary N) is 1. The van der Waals surface area contributed by atoms with Gasteiger partial charge in [-0.15, -0.1) is 5.54 Å². The van der Waals surface area contributed by atoms with Crippen LogP contribution < -0.4 is 11.3 Å². The average Bonchev–Trinajstić information content (AvgIpc) is 2.35. The fraction of sp³-hybridized carbons (Fsp3) is 0.400. The molecule has 5 nitrogen and oxygen atoms in total. The number of hydrogen-bond donors (Lipinski definition) is 1. The molecule has 21 heavy (non-hydrogen) atoms. The van der Waals surface area contributed by atoms with Crippen LogP contribution in [0.2, 0.25) is 19.6 Å². The predicted molar refractivity (Wildman–Crippen MR) is 88.8 cm³/mol. The molecule has 2 heterocycles. The van der Waals surface area contributed by atoms with Crippen LogP contribution in [0.25, 0.3) is 11.0 Å². The maximum absolute atomic E-state index is 12.5. The fourth-order valence-electron chi connectivity index (χ4n) is 2.05.